The largest absolute Gasteiger partial charge is 0.497 e. The lowest BCUT2D eigenvalue weighted by Gasteiger charge is -2.08. The van der Waals surface area contributed by atoms with Gasteiger partial charge >= 0.3 is 11.3 Å². The minimum atomic E-state index is 0.851. The molecule has 0 atom stereocenters. The summed E-state index contributed by atoms with van der Waals surface area (Å²) in [4.78, 5) is 0. The Morgan fingerprint density at radius 3 is 2.03 bits per heavy atom. The van der Waals surface area contributed by atoms with Crippen LogP contribution in [0.4, 0.5) is 0 Å². The van der Waals surface area contributed by atoms with Crippen molar-refractivity contribution < 1.29 is 9.15 Å². The molecule has 0 bridgehead atoms. The van der Waals surface area contributed by atoms with Gasteiger partial charge in [-0.15, -0.1) is 0 Å². The molecule has 1 heterocycles. The number of hydrogen-bond donors (Lipinski definition) is 0. The highest BCUT2D eigenvalue weighted by Gasteiger charge is 2.23. The van der Waals surface area contributed by atoms with Crippen LogP contribution >= 0.6 is 0 Å². The topological polar surface area (TPSA) is 20.5 Å². The number of hydrogen-bond acceptors (Lipinski definition) is 1. The molecule has 5 rings (SSSR count). The van der Waals surface area contributed by atoms with Gasteiger partial charge in [0, 0.05) is 5.56 Å². The van der Waals surface area contributed by atoms with Gasteiger partial charge in [-0.3, -0.25) is 0 Å². The number of aryl methyl sites for hydroxylation is 2. The standard InChI is InChI=1S/C28H23O2/c1-18-8-10-21(11-9-18)27-17-25(20-12-14-22(29-3)15-13-20)26-16-19(2)23-6-4-5-7-24(23)28(26)30-27/h4-17H,1-3H3/q+1. The van der Waals surface area contributed by atoms with Crippen molar-refractivity contribution in [1.29, 1.82) is 0 Å². The Balaban J connectivity index is 1.86. The Morgan fingerprint density at radius 1 is 0.667 bits per heavy atom. The monoisotopic (exact) mass is 391 g/mol. The first-order valence-corrected chi connectivity index (χ1v) is 10.1. The highest BCUT2D eigenvalue weighted by atomic mass is 16.5. The highest BCUT2D eigenvalue weighted by Crippen LogP contribution is 2.39. The first kappa shape index (κ1) is 18.4. The van der Waals surface area contributed by atoms with E-state index >= 15 is 0 Å². The molecule has 0 fully saturated rings. The molecular weight excluding hydrogens is 368 g/mol. The van der Waals surface area contributed by atoms with Gasteiger partial charge in [0.15, 0.2) is 0 Å². The summed E-state index contributed by atoms with van der Waals surface area (Å²) in [5.41, 5.74) is 6.76. The average Bonchev–Trinajstić information content (AvgIpc) is 2.79. The van der Waals surface area contributed by atoms with Gasteiger partial charge < -0.3 is 4.74 Å². The van der Waals surface area contributed by atoms with Crippen molar-refractivity contribution in [3.8, 4) is 28.2 Å². The zero-order chi connectivity index (χ0) is 20.7. The van der Waals surface area contributed by atoms with E-state index in [0.717, 1.165) is 44.6 Å². The predicted octanol–water partition coefficient (Wildman–Crippen LogP) is 7.83. The highest BCUT2D eigenvalue weighted by molar-refractivity contribution is 6.10. The summed E-state index contributed by atoms with van der Waals surface area (Å²) in [6.07, 6.45) is 0. The molecule has 2 nitrogen and oxygen atoms in total. The molecule has 0 spiro atoms. The summed E-state index contributed by atoms with van der Waals surface area (Å²) in [7, 11) is 1.69. The van der Waals surface area contributed by atoms with Crippen LogP contribution < -0.4 is 4.74 Å². The van der Waals surface area contributed by atoms with E-state index in [2.05, 4.69) is 86.6 Å². The molecule has 0 aliphatic carbocycles. The van der Waals surface area contributed by atoms with Crippen molar-refractivity contribution in [1.82, 2.24) is 0 Å². The second-order valence-electron chi connectivity index (χ2n) is 7.73. The lowest BCUT2D eigenvalue weighted by atomic mass is 9.95. The van der Waals surface area contributed by atoms with Gasteiger partial charge in [-0.1, -0.05) is 48.0 Å². The normalized spacial score (nSPS) is 11.2. The number of ether oxygens (including phenoxy) is 1. The van der Waals surface area contributed by atoms with Crippen molar-refractivity contribution >= 4 is 21.7 Å². The van der Waals surface area contributed by atoms with Crippen LogP contribution in [0.2, 0.25) is 0 Å². The smallest absolute Gasteiger partial charge is 0.369 e. The molecule has 1 aromatic heterocycles. The van der Waals surface area contributed by atoms with Gasteiger partial charge in [-0.2, -0.15) is 0 Å². The van der Waals surface area contributed by atoms with Crippen LogP contribution in [-0.2, 0) is 0 Å². The zero-order valence-corrected chi connectivity index (χ0v) is 17.4. The van der Waals surface area contributed by atoms with E-state index in [1.165, 1.54) is 16.5 Å². The SMILES string of the molecule is COc1ccc(-c2cc(-c3ccc(C)cc3)[o+]c3c2cc(C)c2ccccc23)cc1. The van der Waals surface area contributed by atoms with Gasteiger partial charge in [0.05, 0.1) is 29.5 Å². The summed E-state index contributed by atoms with van der Waals surface area (Å²) in [6, 6.07) is 29.5. The molecular formula is C28H23O2+. The van der Waals surface area contributed by atoms with E-state index < -0.39 is 0 Å². The fourth-order valence-electron chi connectivity index (χ4n) is 4.06. The van der Waals surface area contributed by atoms with Gasteiger partial charge in [0.25, 0.3) is 0 Å². The Labute approximate surface area is 176 Å². The van der Waals surface area contributed by atoms with E-state index in [0.29, 0.717) is 0 Å². The van der Waals surface area contributed by atoms with E-state index in [1.807, 2.05) is 12.1 Å². The van der Waals surface area contributed by atoms with Gasteiger partial charge in [-0.05, 0) is 66.8 Å². The van der Waals surface area contributed by atoms with Crippen LogP contribution in [0.15, 0.2) is 89.3 Å². The van der Waals surface area contributed by atoms with Crippen LogP contribution in [0, 0.1) is 13.8 Å². The number of benzene rings is 4. The van der Waals surface area contributed by atoms with Crippen LogP contribution in [0.25, 0.3) is 44.2 Å². The molecule has 146 valence electrons. The van der Waals surface area contributed by atoms with E-state index in [-0.39, 0.29) is 0 Å². The second-order valence-corrected chi connectivity index (χ2v) is 7.73. The summed E-state index contributed by atoms with van der Waals surface area (Å²) in [5, 5.41) is 3.47. The van der Waals surface area contributed by atoms with Crippen LogP contribution in [-0.4, -0.2) is 7.11 Å². The maximum Gasteiger partial charge on any atom is 0.369 e. The molecule has 0 aliphatic rings. The van der Waals surface area contributed by atoms with E-state index in [4.69, 9.17) is 9.15 Å². The summed E-state index contributed by atoms with van der Waals surface area (Å²) in [5.74, 6) is 1.71. The summed E-state index contributed by atoms with van der Waals surface area (Å²) < 4.78 is 11.9. The zero-order valence-electron chi connectivity index (χ0n) is 17.4. The maximum absolute atomic E-state index is 6.54. The molecule has 0 amide bonds. The Hall–Kier alpha value is -3.65. The molecule has 0 saturated heterocycles. The summed E-state index contributed by atoms with van der Waals surface area (Å²) >= 11 is 0. The lowest BCUT2D eigenvalue weighted by Crippen LogP contribution is -1.90. The molecule has 0 aliphatic heterocycles. The minimum Gasteiger partial charge on any atom is -0.497 e. The van der Waals surface area contributed by atoms with Crippen LogP contribution in [0.5, 0.6) is 5.75 Å². The molecule has 0 N–H and O–H groups in total. The van der Waals surface area contributed by atoms with Gasteiger partial charge in [-0.25, -0.2) is 4.42 Å². The van der Waals surface area contributed by atoms with E-state index in [9.17, 15) is 0 Å². The lowest BCUT2D eigenvalue weighted by molar-refractivity contribution is 0.415. The maximum atomic E-state index is 6.54. The van der Waals surface area contributed by atoms with Gasteiger partial charge in [0.1, 0.15) is 5.75 Å². The first-order chi connectivity index (χ1) is 14.6. The quantitative estimate of drug-likeness (QED) is 0.231. The van der Waals surface area contributed by atoms with Crippen molar-refractivity contribution in [3.05, 3.63) is 96.1 Å². The third-order valence-electron chi connectivity index (χ3n) is 5.72. The fourth-order valence-corrected chi connectivity index (χ4v) is 4.06. The van der Waals surface area contributed by atoms with Crippen molar-refractivity contribution in [3.63, 3.8) is 0 Å². The molecule has 0 saturated carbocycles. The van der Waals surface area contributed by atoms with Crippen molar-refractivity contribution in [2.75, 3.05) is 7.11 Å². The number of rotatable bonds is 3. The van der Waals surface area contributed by atoms with E-state index in [1.54, 1.807) is 7.11 Å². The molecule has 2 heteroatoms. The fraction of sp³-hybridized carbons (Fsp3) is 0.107. The third-order valence-corrected chi connectivity index (χ3v) is 5.72. The second kappa shape index (κ2) is 7.31. The number of methoxy groups -OCH3 is 1. The minimum absolute atomic E-state index is 0.851. The Morgan fingerprint density at radius 2 is 1.33 bits per heavy atom. The van der Waals surface area contributed by atoms with Crippen molar-refractivity contribution in [2.24, 2.45) is 0 Å². The van der Waals surface area contributed by atoms with Crippen LogP contribution in [0.3, 0.4) is 0 Å². The Bertz CT molecular complexity index is 1360. The molecule has 0 unspecified atom stereocenters. The van der Waals surface area contributed by atoms with Gasteiger partial charge in [0.2, 0.25) is 0 Å². The van der Waals surface area contributed by atoms with Crippen molar-refractivity contribution in [2.45, 2.75) is 13.8 Å². The molecule has 5 aromatic rings. The molecule has 4 aromatic carbocycles. The third kappa shape index (κ3) is 3.11. The summed E-state index contributed by atoms with van der Waals surface area (Å²) in [6.45, 7) is 4.26. The Kier molecular flexibility index (Phi) is 4.48. The average molecular weight is 391 g/mol. The molecule has 30 heavy (non-hydrogen) atoms. The predicted molar refractivity (Wildman–Crippen MR) is 125 cm³/mol. The number of fused-ring (bicyclic) bond motifs is 3. The first-order valence-electron chi connectivity index (χ1n) is 10.1. The molecule has 0 radical (unpaired) electrons. The van der Waals surface area contributed by atoms with Crippen LogP contribution in [0.1, 0.15) is 11.1 Å².